The third-order valence-electron chi connectivity index (χ3n) is 2.47. The Morgan fingerprint density at radius 3 is 3.11 bits per heavy atom. The highest BCUT2D eigenvalue weighted by Crippen LogP contribution is 2.22. The van der Waals surface area contributed by atoms with Crippen LogP contribution in [-0.2, 0) is 6.54 Å². The van der Waals surface area contributed by atoms with Gasteiger partial charge < -0.3 is 24.0 Å². The topological polar surface area (TPSA) is 47.0 Å². The van der Waals surface area contributed by atoms with Crippen LogP contribution in [0, 0.1) is 0 Å². The summed E-state index contributed by atoms with van der Waals surface area (Å²) >= 11 is 1.55. The molecule has 0 radical (unpaired) electrons. The molecule has 0 amide bonds. The number of rotatable bonds is 3. The summed E-state index contributed by atoms with van der Waals surface area (Å²) in [6, 6.07) is 4.12. The summed E-state index contributed by atoms with van der Waals surface area (Å²) in [5.41, 5.74) is 1.12. The molecule has 0 saturated carbocycles. The molecule has 0 spiro atoms. The average Bonchev–Trinajstić information content (AvgIpc) is 2.89. The third-order valence-corrected chi connectivity index (χ3v) is 3.44. The van der Waals surface area contributed by atoms with Crippen LogP contribution in [0.25, 0.3) is 15.5 Å². The molecular formula is C11H12IN5S. The fourth-order valence-corrected chi connectivity index (χ4v) is 2.53. The van der Waals surface area contributed by atoms with Crippen molar-refractivity contribution in [3.05, 3.63) is 30.9 Å². The molecule has 3 rings (SSSR count). The summed E-state index contributed by atoms with van der Waals surface area (Å²) in [5.74, 6) is 0. The first kappa shape index (κ1) is 13.3. The lowest BCUT2D eigenvalue weighted by Gasteiger charge is -1.95. The second-order valence-electron chi connectivity index (χ2n) is 3.80. The molecule has 3 aromatic heterocycles. The molecule has 7 heteroatoms. The number of hydrogen-bond donors (Lipinski definition) is 0. The van der Waals surface area contributed by atoms with Gasteiger partial charge in [0.05, 0.1) is 5.56 Å². The van der Waals surface area contributed by atoms with Gasteiger partial charge in [0, 0.05) is 12.5 Å². The zero-order chi connectivity index (χ0) is 11.7. The van der Waals surface area contributed by atoms with E-state index in [9.17, 15) is 0 Å². The fraction of sp³-hybridized carbons (Fsp3) is 0.273. The van der Waals surface area contributed by atoms with Crippen molar-refractivity contribution in [3.8, 4) is 10.6 Å². The van der Waals surface area contributed by atoms with Gasteiger partial charge in [-0.2, -0.15) is 9.61 Å². The van der Waals surface area contributed by atoms with Crippen molar-refractivity contribution in [2.45, 2.75) is 19.9 Å². The minimum Gasteiger partial charge on any atom is -1.00 e. The van der Waals surface area contributed by atoms with Gasteiger partial charge in [-0.25, -0.2) is 4.57 Å². The molecule has 18 heavy (non-hydrogen) atoms. The first-order valence-corrected chi connectivity index (χ1v) is 6.35. The maximum Gasteiger partial charge on any atom is 0.234 e. The van der Waals surface area contributed by atoms with Crippen LogP contribution < -0.4 is 28.5 Å². The van der Waals surface area contributed by atoms with Crippen molar-refractivity contribution >= 4 is 16.3 Å². The van der Waals surface area contributed by atoms with Crippen molar-refractivity contribution in [3.63, 3.8) is 0 Å². The zero-order valence-electron chi connectivity index (χ0n) is 9.82. The van der Waals surface area contributed by atoms with Crippen molar-refractivity contribution in [1.29, 1.82) is 0 Å². The molecule has 0 saturated heterocycles. The number of pyridine rings is 1. The van der Waals surface area contributed by atoms with E-state index in [2.05, 4.69) is 45.2 Å². The van der Waals surface area contributed by atoms with E-state index in [-0.39, 0.29) is 24.0 Å². The van der Waals surface area contributed by atoms with Crippen LogP contribution in [0.4, 0.5) is 0 Å². The smallest absolute Gasteiger partial charge is 0.234 e. The lowest BCUT2D eigenvalue weighted by Crippen LogP contribution is -3.00. The Morgan fingerprint density at radius 1 is 1.44 bits per heavy atom. The second kappa shape index (κ2) is 5.70. The summed E-state index contributed by atoms with van der Waals surface area (Å²) in [7, 11) is 0. The molecule has 0 unspecified atom stereocenters. The summed E-state index contributed by atoms with van der Waals surface area (Å²) in [6.07, 6.45) is 6.94. The molecule has 94 valence electrons. The van der Waals surface area contributed by atoms with Crippen molar-refractivity contribution in [2.24, 2.45) is 0 Å². The summed E-state index contributed by atoms with van der Waals surface area (Å²) in [4.78, 5) is 0.825. The number of aromatic nitrogens is 5. The summed E-state index contributed by atoms with van der Waals surface area (Å²) in [5, 5.41) is 13.2. The van der Waals surface area contributed by atoms with Gasteiger partial charge in [0.15, 0.2) is 17.4 Å². The van der Waals surface area contributed by atoms with E-state index in [0.29, 0.717) is 0 Å². The molecule has 3 heterocycles. The Hall–Kier alpha value is -1.09. The molecular weight excluding hydrogens is 361 g/mol. The monoisotopic (exact) mass is 373 g/mol. The van der Waals surface area contributed by atoms with E-state index in [1.807, 2.05) is 6.07 Å². The Balaban J connectivity index is 0.00000120. The van der Waals surface area contributed by atoms with Crippen molar-refractivity contribution in [2.75, 3.05) is 0 Å². The van der Waals surface area contributed by atoms with Gasteiger partial charge in [0.25, 0.3) is 0 Å². The van der Waals surface area contributed by atoms with Crippen LogP contribution in [0.15, 0.2) is 30.9 Å². The Morgan fingerprint density at radius 2 is 2.33 bits per heavy atom. The number of hydrogen-bond acceptors (Lipinski definition) is 4. The SMILES string of the molecule is CCC[n+]1cccc(-c2nn3cnnc3s2)c1.[I-]. The van der Waals surface area contributed by atoms with Crippen LogP contribution in [-0.4, -0.2) is 19.8 Å². The maximum atomic E-state index is 4.44. The first-order chi connectivity index (χ1) is 8.36. The van der Waals surface area contributed by atoms with Crippen LogP contribution in [0.1, 0.15) is 13.3 Å². The number of fused-ring (bicyclic) bond motifs is 1. The van der Waals surface area contributed by atoms with Gasteiger partial charge in [0.2, 0.25) is 4.96 Å². The van der Waals surface area contributed by atoms with E-state index in [4.69, 9.17) is 0 Å². The molecule has 0 aliphatic carbocycles. The van der Waals surface area contributed by atoms with Gasteiger partial charge in [-0.05, 0) is 6.07 Å². The fourth-order valence-electron chi connectivity index (χ4n) is 1.72. The number of nitrogens with zero attached hydrogens (tertiary/aromatic N) is 5. The van der Waals surface area contributed by atoms with Gasteiger partial charge in [-0.3, -0.25) is 0 Å². The molecule has 0 fully saturated rings. The van der Waals surface area contributed by atoms with Gasteiger partial charge in [-0.1, -0.05) is 18.3 Å². The maximum absolute atomic E-state index is 4.44. The van der Waals surface area contributed by atoms with E-state index in [1.165, 1.54) is 0 Å². The molecule has 0 atom stereocenters. The normalized spacial score (nSPS) is 10.5. The Kier molecular flexibility index (Phi) is 4.23. The van der Waals surface area contributed by atoms with E-state index >= 15 is 0 Å². The zero-order valence-corrected chi connectivity index (χ0v) is 12.8. The minimum absolute atomic E-state index is 0. The standard InChI is InChI=1S/C11H12N5S.HI/c1-2-5-15-6-3-4-9(7-15)10-14-16-8-12-13-11(16)17-10;/h3-4,6-8H,2,5H2,1H3;1H/q+1;/p-1. The molecule has 0 aromatic carbocycles. The van der Waals surface area contributed by atoms with E-state index < -0.39 is 0 Å². The van der Waals surface area contributed by atoms with E-state index in [0.717, 1.165) is 28.5 Å². The number of aryl methyl sites for hydroxylation is 1. The predicted octanol–water partition coefficient (Wildman–Crippen LogP) is -1.45. The lowest BCUT2D eigenvalue weighted by atomic mass is 10.3. The van der Waals surface area contributed by atoms with Gasteiger partial charge >= 0.3 is 0 Å². The first-order valence-electron chi connectivity index (χ1n) is 5.53. The van der Waals surface area contributed by atoms with Crippen molar-refractivity contribution < 1.29 is 28.5 Å². The third kappa shape index (κ3) is 2.51. The Bertz CT molecular complexity index is 619. The molecule has 5 nitrogen and oxygen atoms in total. The molecule has 0 N–H and O–H groups in total. The highest BCUT2D eigenvalue weighted by atomic mass is 127. The molecule has 0 aliphatic rings. The minimum atomic E-state index is 0. The lowest BCUT2D eigenvalue weighted by molar-refractivity contribution is -0.696. The quantitative estimate of drug-likeness (QED) is 0.417. The predicted molar refractivity (Wildman–Crippen MR) is 64.6 cm³/mol. The second-order valence-corrected chi connectivity index (χ2v) is 4.75. The average molecular weight is 373 g/mol. The highest BCUT2D eigenvalue weighted by molar-refractivity contribution is 7.19. The van der Waals surface area contributed by atoms with Gasteiger partial charge in [-0.15, -0.1) is 10.2 Å². The largest absolute Gasteiger partial charge is 1.00 e. The van der Waals surface area contributed by atoms with Crippen molar-refractivity contribution in [1.82, 2.24) is 19.8 Å². The Labute approximate surface area is 126 Å². The van der Waals surface area contributed by atoms with Crippen LogP contribution in [0.5, 0.6) is 0 Å². The van der Waals surface area contributed by atoms with Crippen LogP contribution >= 0.6 is 11.3 Å². The van der Waals surface area contributed by atoms with Crippen LogP contribution in [0.2, 0.25) is 0 Å². The van der Waals surface area contributed by atoms with Gasteiger partial charge in [0.1, 0.15) is 12.9 Å². The van der Waals surface area contributed by atoms with E-state index in [1.54, 1.807) is 22.2 Å². The molecule has 3 aromatic rings. The highest BCUT2D eigenvalue weighted by Gasteiger charge is 2.10. The summed E-state index contributed by atoms with van der Waals surface area (Å²) in [6.45, 7) is 3.20. The molecule has 0 bridgehead atoms. The molecule has 0 aliphatic heterocycles. The van der Waals surface area contributed by atoms with Crippen LogP contribution in [0.3, 0.4) is 0 Å². The summed E-state index contributed by atoms with van der Waals surface area (Å²) < 4.78 is 3.88. The number of halogens is 1.